The lowest BCUT2D eigenvalue weighted by molar-refractivity contribution is -0.139. The maximum Gasteiger partial charge on any atom is 0.341 e. The molecule has 0 amide bonds. The van der Waals surface area contributed by atoms with Crippen LogP contribution in [-0.2, 0) is 4.79 Å². The summed E-state index contributed by atoms with van der Waals surface area (Å²) in [5.74, 6) is -0.916. The number of hydrogen-bond acceptors (Lipinski definition) is 4. The number of aliphatic carboxylic acids is 1. The second kappa shape index (κ2) is 7.00. The summed E-state index contributed by atoms with van der Waals surface area (Å²) in [6.07, 6.45) is 6.41. The normalized spacial score (nSPS) is 10.5. The average Bonchev–Trinajstić information content (AvgIpc) is 2.52. The molecule has 0 saturated carbocycles. The number of nitrogens with zero attached hydrogens (tertiary/aromatic N) is 1. The largest absolute Gasteiger partial charge is 0.482 e. The number of rotatable bonds is 6. The highest BCUT2D eigenvalue weighted by Crippen LogP contribution is 2.14. The maximum absolute atomic E-state index is 12.0. The molecule has 2 aromatic rings. The number of aromatic nitrogens is 1. The van der Waals surface area contributed by atoms with Crippen molar-refractivity contribution in [3.8, 4) is 5.75 Å². The van der Waals surface area contributed by atoms with Gasteiger partial charge >= 0.3 is 5.97 Å². The molecule has 1 heterocycles. The Kier molecular flexibility index (Phi) is 4.82. The van der Waals surface area contributed by atoms with Gasteiger partial charge in [0.05, 0.1) is 0 Å². The molecule has 0 atom stereocenters. The van der Waals surface area contributed by atoms with Crippen molar-refractivity contribution in [2.45, 2.75) is 0 Å². The van der Waals surface area contributed by atoms with Gasteiger partial charge < -0.3 is 9.84 Å². The Bertz CT molecular complexity index is 665. The molecular weight excluding hydrogens is 270 g/mol. The van der Waals surface area contributed by atoms with E-state index in [-0.39, 0.29) is 5.78 Å². The molecule has 21 heavy (non-hydrogen) atoms. The molecular formula is C16H13NO4. The minimum Gasteiger partial charge on any atom is -0.482 e. The molecule has 0 saturated heterocycles. The summed E-state index contributed by atoms with van der Waals surface area (Å²) in [5.41, 5.74) is 1.25. The zero-order valence-electron chi connectivity index (χ0n) is 11.1. The smallest absolute Gasteiger partial charge is 0.341 e. The van der Waals surface area contributed by atoms with Crippen LogP contribution in [0.3, 0.4) is 0 Å². The summed E-state index contributed by atoms with van der Waals surface area (Å²) >= 11 is 0. The maximum atomic E-state index is 12.0. The summed E-state index contributed by atoms with van der Waals surface area (Å²) < 4.78 is 5.04. The fourth-order valence-electron chi connectivity index (χ4n) is 1.63. The number of carbonyl (C=O) groups excluding carboxylic acids is 1. The van der Waals surface area contributed by atoms with E-state index in [0.717, 1.165) is 5.56 Å². The van der Waals surface area contributed by atoms with Crippen LogP contribution in [-0.4, -0.2) is 28.4 Å². The van der Waals surface area contributed by atoms with Crippen LogP contribution in [0.5, 0.6) is 5.75 Å². The number of ketones is 1. The second-order valence-electron chi connectivity index (χ2n) is 4.19. The van der Waals surface area contributed by atoms with Crippen LogP contribution in [0.15, 0.2) is 54.9 Å². The molecule has 0 fully saturated rings. The lowest BCUT2D eigenvalue weighted by Gasteiger charge is -2.04. The van der Waals surface area contributed by atoms with Gasteiger partial charge in [-0.2, -0.15) is 0 Å². The Balaban J connectivity index is 2.07. The molecule has 1 aromatic heterocycles. The van der Waals surface area contributed by atoms with E-state index < -0.39 is 12.6 Å². The number of ether oxygens (including phenoxy) is 1. The molecule has 0 bridgehead atoms. The Morgan fingerprint density at radius 1 is 1.24 bits per heavy atom. The highest BCUT2D eigenvalue weighted by atomic mass is 16.5. The molecule has 1 N–H and O–H groups in total. The zero-order chi connectivity index (χ0) is 15.1. The third kappa shape index (κ3) is 4.58. The van der Waals surface area contributed by atoms with Gasteiger partial charge in [-0.15, -0.1) is 0 Å². The average molecular weight is 283 g/mol. The van der Waals surface area contributed by atoms with E-state index in [1.54, 1.807) is 42.7 Å². The van der Waals surface area contributed by atoms with Crippen molar-refractivity contribution in [1.82, 2.24) is 4.98 Å². The molecule has 0 spiro atoms. The van der Waals surface area contributed by atoms with E-state index in [1.165, 1.54) is 12.1 Å². The molecule has 0 aliphatic rings. The number of hydrogen-bond donors (Lipinski definition) is 1. The summed E-state index contributed by atoms with van der Waals surface area (Å²) in [5, 5.41) is 8.55. The van der Waals surface area contributed by atoms with E-state index in [2.05, 4.69) is 4.98 Å². The summed E-state index contributed by atoms with van der Waals surface area (Å²) in [6, 6.07) is 10.0. The first-order chi connectivity index (χ1) is 10.1. The van der Waals surface area contributed by atoms with E-state index in [1.807, 2.05) is 6.07 Å². The van der Waals surface area contributed by atoms with Gasteiger partial charge in [0, 0.05) is 18.0 Å². The Morgan fingerprint density at radius 3 is 2.81 bits per heavy atom. The fourth-order valence-corrected chi connectivity index (χ4v) is 1.63. The van der Waals surface area contributed by atoms with Crippen molar-refractivity contribution in [2.24, 2.45) is 0 Å². The van der Waals surface area contributed by atoms with Crippen LogP contribution in [0.25, 0.3) is 6.08 Å². The van der Waals surface area contributed by atoms with Crippen molar-refractivity contribution in [2.75, 3.05) is 6.61 Å². The molecule has 1 aromatic carbocycles. The second-order valence-corrected chi connectivity index (χ2v) is 4.19. The van der Waals surface area contributed by atoms with E-state index in [0.29, 0.717) is 11.3 Å². The van der Waals surface area contributed by atoms with Crippen LogP contribution < -0.4 is 4.74 Å². The predicted octanol–water partition coefficient (Wildman–Crippen LogP) is 2.44. The number of carbonyl (C=O) groups is 2. The summed E-state index contributed by atoms with van der Waals surface area (Å²) in [7, 11) is 0. The van der Waals surface area contributed by atoms with Crippen LogP contribution in [0.2, 0.25) is 0 Å². The van der Waals surface area contributed by atoms with Crippen LogP contribution in [0.4, 0.5) is 0 Å². The number of benzene rings is 1. The lowest BCUT2D eigenvalue weighted by Crippen LogP contribution is -2.09. The molecule has 5 nitrogen and oxygen atoms in total. The molecule has 2 rings (SSSR count). The molecule has 0 aliphatic heterocycles. The van der Waals surface area contributed by atoms with Gasteiger partial charge in [-0.05, 0) is 35.9 Å². The first-order valence-corrected chi connectivity index (χ1v) is 6.22. The molecule has 0 aliphatic carbocycles. The van der Waals surface area contributed by atoms with Gasteiger partial charge in [-0.25, -0.2) is 4.79 Å². The predicted molar refractivity (Wildman–Crippen MR) is 77.2 cm³/mol. The lowest BCUT2D eigenvalue weighted by atomic mass is 10.1. The Labute approximate surface area is 121 Å². The zero-order valence-corrected chi connectivity index (χ0v) is 11.1. The minimum atomic E-state index is -1.07. The Morgan fingerprint density at radius 2 is 2.10 bits per heavy atom. The first-order valence-electron chi connectivity index (χ1n) is 6.22. The van der Waals surface area contributed by atoms with Gasteiger partial charge in [-0.1, -0.05) is 18.2 Å². The van der Waals surface area contributed by atoms with Crippen LogP contribution in [0.1, 0.15) is 15.9 Å². The van der Waals surface area contributed by atoms with Gasteiger partial charge in [0.25, 0.3) is 0 Å². The fraction of sp³-hybridized carbons (Fsp3) is 0.0625. The third-order valence-electron chi connectivity index (χ3n) is 2.59. The van der Waals surface area contributed by atoms with Crippen LogP contribution in [0, 0.1) is 0 Å². The number of allylic oxidation sites excluding steroid dienone is 1. The topological polar surface area (TPSA) is 76.5 Å². The SMILES string of the molecule is O=C(O)COc1cccc(C(=O)/C=C/c2cccnc2)c1. The Hall–Kier alpha value is -2.95. The third-order valence-corrected chi connectivity index (χ3v) is 2.59. The van der Waals surface area contributed by atoms with E-state index >= 15 is 0 Å². The van der Waals surface area contributed by atoms with E-state index in [4.69, 9.17) is 9.84 Å². The summed E-state index contributed by atoms with van der Waals surface area (Å²) in [6.45, 7) is -0.441. The highest BCUT2D eigenvalue weighted by Gasteiger charge is 2.05. The molecule has 5 heteroatoms. The highest BCUT2D eigenvalue weighted by molar-refractivity contribution is 6.07. The van der Waals surface area contributed by atoms with E-state index in [9.17, 15) is 9.59 Å². The summed E-state index contributed by atoms with van der Waals surface area (Å²) in [4.78, 5) is 26.4. The van der Waals surface area contributed by atoms with Crippen molar-refractivity contribution in [3.63, 3.8) is 0 Å². The van der Waals surface area contributed by atoms with Gasteiger partial charge in [-0.3, -0.25) is 9.78 Å². The van der Waals surface area contributed by atoms with Crippen molar-refractivity contribution in [1.29, 1.82) is 0 Å². The van der Waals surface area contributed by atoms with Gasteiger partial charge in [0.15, 0.2) is 12.4 Å². The number of carboxylic acids is 1. The van der Waals surface area contributed by atoms with Gasteiger partial charge in [0.2, 0.25) is 0 Å². The standard InChI is InChI=1S/C16H13NO4/c18-15(7-6-12-3-2-8-17-10-12)13-4-1-5-14(9-13)21-11-16(19)20/h1-10H,11H2,(H,19,20)/b7-6+. The minimum absolute atomic E-state index is 0.195. The van der Waals surface area contributed by atoms with Crippen molar-refractivity contribution < 1.29 is 19.4 Å². The molecule has 0 unspecified atom stereocenters. The molecule has 0 radical (unpaired) electrons. The number of carboxylic acid groups (broad SMARTS) is 1. The van der Waals surface area contributed by atoms with Crippen molar-refractivity contribution in [3.05, 3.63) is 66.0 Å². The molecule has 106 valence electrons. The van der Waals surface area contributed by atoms with Crippen LogP contribution >= 0.6 is 0 Å². The number of pyridine rings is 1. The van der Waals surface area contributed by atoms with Gasteiger partial charge in [0.1, 0.15) is 5.75 Å². The van der Waals surface area contributed by atoms with Crippen molar-refractivity contribution >= 4 is 17.8 Å². The quantitative estimate of drug-likeness (QED) is 0.651. The monoisotopic (exact) mass is 283 g/mol. The first kappa shape index (κ1) is 14.5.